The fourth-order valence-electron chi connectivity index (χ4n) is 2.42. The van der Waals surface area contributed by atoms with Crippen molar-refractivity contribution in [3.05, 3.63) is 51.5 Å². The molecule has 2 aromatic carbocycles. The quantitative estimate of drug-likeness (QED) is 0.763. The summed E-state index contributed by atoms with van der Waals surface area (Å²) in [6, 6.07) is 7.93. The van der Waals surface area contributed by atoms with E-state index < -0.39 is 10.0 Å². The van der Waals surface area contributed by atoms with Gasteiger partial charge < -0.3 is 4.74 Å². The number of ether oxygens (including phenoxy) is 1. The van der Waals surface area contributed by atoms with E-state index in [2.05, 4.69) is 4.72 Å². The van der Waals surface area contributed by atoms with Gasteiger partial charge in [-0.3, -0.25) is 4.72 Å². The highest BCUT2D eigenvalue weighted by molar-refractivity contribution is 7.92. The van der Waals surface area contributed by atoms with Crippen LogP contribution in [-0.4, -0.2) is 15.5 Å². The molecule has 2 rings (SSSR count). The smallest absolute Gasteiger partial charge is 0.262 e. The van der Waals surface area contributed by atoms with Crippen molar-refractivity contribution in [2.75, 3.05) is 11.8 Å². The Kier molecular flexibility index (Phi) is 5.68. The van der Waals surface area contributed by atoms with Gasteiger partial charge in [-0.1, -0.05) is 37.0 Å². The minimum Gasteiger partial charge on any atom is -0.496 e. The molecule has 1 N–H and O–H groups in total. The number of hydrogen-bond donors (Lipinski definition) is 1. The molecule has 0 amide bonds. The Morgan fingerprint density at radius 2 is 1.62 bits per heavy atom. The van der Waals surface area contributed by atoms with Gasteiger partial charge in [0.15, 0.2) is 0 Å². The topological polar surface area (TPSA) is 55.4 Å². The van der Waals surface area contributed by atoms with Crippen LogP contribution in [0.15, 0.2) is 35.2 Å². The fourth-order valence-corrected chi connectivity index (χ4v) is 4.25. The van der Waals surface area contributed by atoms with Crippen LogP contribution in [0.3, 0.4) is 0 Å². The van der Waals surface area contributed by atoms with Crippen molar-refractivity contribution in [1.82, 2.24) is 0 Å². The molecule has 0 atom stereocenters. The van der Waals surface area contributed by atoms with Crippen LogP contribution in [-0.2, 0) is 10.0 Å². The summed E-state index contributed by atoms with van der Waals surface area (Å²) in [7, 11) is -2.21. The largest absolute Gasteiger partial charge is 0.496 e. The van der Waals surface area contributed by atoms with Crippen LogP contribution in [0.2, 0.25) is 10.0 Å². The van der Waals surface area contributed by atoms with E-state index in [1.54, 1.807) is 26.2 Å². The van der Waals surface area contributed by atoms with E-state index in [0.717, 1.165) is 5.56 Å². The SMILES string of the molecule is COc1cc(C)c(S(=O)(=O)Nc2cc(Cl)cc(Cl)c2)cc1C(C)C. The van der Waals surface area contributed by atoms with Gasteiger partial charge in [-0.2, -0.15) is 0 Å². The number of nitrogens with one attached hydrogen (secondary N) is 1. The van der Waals surface area contributed by atoms with Gasteiger partial charge in [-0.15, -0.1) is 0 Å². The summed E-state index contributed by atoms with van der Waals surface area (Å²) in [6.07, 6.45) is 0. The lowest BCUT2D eigenvalue weighted by atomic mass is 10.0. The van der Waals surface area contributed by atoms with Crippen molar-refractivity contribution in [3.8, 4) is 5.75 Å². The highest BCUT2D eigenvalue weighted by atomic mass is 35.5. The number of sulfonamides is 1. The molecule has 0 aliphatic heterocycles. The Bertz CT molecular complexity index is 844. The third-order valence-corrected chi connectivity index (χ3v) is 5.51. The molecule has 2 aromatic rings. The molecule has 0 spiro atoms. The summed E-state index contributed by atoms with van der Waals surface area (Å²) in [6.45, 7) is 5.69. The highest BCUT2D eigenvalue weighted by Gasteiger charge is 2.21. The predicted molar refractivity (Wildman–Crippen MR) is 99.1 cm³/mol. The minimum atomic E-state index is -3.78. The van der Waals surface area contributed by atoms with Crippen LogP contribution in [0.5, 0.6) is 5.75 Å². The first kappa shape index (κ1) is 18.9. The molecule has 24 heavy (non-hydrogen) atoms. The van der Waals surface area contributed by atoms with Crippen LogP contribution in [0.4, 0.5) is 5.69 Å². The van der Waals surface area contributed by atoms with E-state index in [9.17, 15) is 8.42 Å². The molecule has 0 radical (unpaired) electrons. The standard InChI is InChI=1S/C17H19Cl2NO3S/c1-10(2)15-9-17(11(3)5-16(15)23-4)24(21,22)20-14-7-12(18)6-13(19)8-14/h5-10,20H,1-4H3. The second-order valence-corrected chi connectivity index (χ2v) is 8.30. The van der Waals surface area contributed by atoms with Crippen molar-refractivity contribution in [1.29, 1.82) is 0 Å². The number of anilines is 1. The molecule has 0 saturated carbocycles. The number of methoxy groups -OCH3 is 1. The average molecular weight is 388 g/mol. The molecule has 0 aliphatic rings. The van der Waals surface area contributed by atoms with Gasteiger partial charge in [0.05, 0.1) is 17.7 Å². The fraction of sp³-hybridized carbons (Fsp3) is 0.294. The number of aryl methyl sites for hydroxylation is 1. The first-order chi connectivity index (χ1) is 11.1. The predicted octanol–water partition coefficient (Wildman–Crippen LogP) is 5.23. The molecule has 4 nitrogen and oxygen atoms in total. The zero-order valence-corrected chi connectivity index (χ0v) is 16.2. The summed E-state index contributed by atoms with van der Waals surface area (Å²) in [5.74, 6) is 0.794. The minimum absolute atomic E-state index is 0.120. The monoisotopic (exact) mass is 387 g/mol. The van der Waals surface area contributed by atoms with Crippen LogP contribution in [0, 0.1) is 6.92 Å². The lowest BCUT2D eigenvalue weighted by Crippen LogP contribution is -2.15. The second kappa shape index (κ2) is 7.21. The number of benzene rings is 2. The molecule has 0 unspecified atom stereocenters. The molecular formula is C17H19Cl2NO3S. The zero-order valence-electron chi connectivity index (χ0n) is 13.9. The maximum absolute atomic E-state index is 12.8. The van der Waals surface area contributed by atoms with E-state index in [1.807, 2.05) is 13.8 Å². The Labute approximate surface area is 152 Å². The maximum Gasteiger partial charge on any atom is 0.262 e. The van der Waals surface area contributed by atoms with Crippen molar-refractivity contribution >= 4 is 38.9 Å². The van der Waals surface area contributed by atoms with E-state index in [-0.39, 0.29) is 10.8 Å². The average Bonchev–Trinajstić information content (AvgIpc) is 2.44. The lowest BCUT2D eigenvalue weighted by Gasteiger charge is -2.17. The van der Waals surface area contributed by atoms with Crippen LogP contribution < -0.4 is 9.46 Å². The van der Waals surface area contributed by atoms with Gasteiger partial charge in [0, 0.05) is 10.0 Å². The summed E-state index contributed by atoms with van der Waals surface area (Å²) in [5, 5.41) is 0.712. The molecule has 0 heterocycles. The maximum atomic E-state index is 12.8. The number of rotatable bonds is 5. The van der Waals surface area contributed by atoms with Gasteiger partial charge in [0.25, 0.3) is 10.0 Å². The van der Waals surface area contributed by atoms with Crippen molar-refractivity contribution in [2.45, 2.75) is 31.6 Å². The second-order valence-electron chi connectivity index (χ2n) is 5.78. The lowest BCUT2D eigenvalue weighted by molar-refractivity contribution is 0.406. The summed E-state index contributed by atoms with van der Waals surface area (Å²) >= 11 is 11.9. The molecule has 0 aliphatic carbocycles. The van der Waals surface area contributed by atoms with E-state index in [0.29, 0.717) is 27.0 Å². The number of halogens is 2. The Hall–Kier alpha value is -1.43. The van der Waals surface area contributed by atoms with Gasteiger partial charge >= 0.3 is 0 Å². The summed E-state index contributed by atoms with van der Waals surface area (Å²) < 4.78 is 33.4. The van der Waals surface area contributed by atoms with Crippen LogP contribution in [0.25, 0.3) is 0 Å². The van der Waals surface area contributed by atoms with Gasteiger partial charge in [-0.05, 0) is 54.3 Å². The van der Waals surface area contributed by atoms with Crippen molar-refractivity contribution < 1.29 is 13.2 Å². The molecule has 0 aromatic heterocycles. The molecule has 130 valence electrons. The normalized spacial score (nSPS) is 11.6. The van der Waals surface area contributed by atoms with E-state index in [1.165, 1.54) is 18.2 Å². The Balaban J connectivity index is 2.50. The summed E-state index contributed by atoms with van der Waals surface area (Å²) in [5.41, 5.74) is 1.73. The number of hydrogen-bond acceptors (Lipinski definition) is 3. The van der Waals surface area contributed by atoms with Gasteiger partial charge in [0.2, 0.25) is 0 Å². The molecule has 0 fully saturated rings. The molecule has 0 saturated heterocycles. The van der Waals surface area contributed by atoms with Crippen LogP contribution >= 0.6 is 23.2 Å². The third kappa shape index (κ3) is 4.15. The highest BCUT2D eigenvalue weighted by Crippen LogP contribution is 2.33. The van der Waals surface area contributed by atoms with Gasteiger partial charge in [-0.25, -0.2) is 8.42 Å². The Morgan fingerprint density at radius 1 is 1.04 bits per heavy atom. The first-order valence-electron chi connectivity index (χ1n) is 7.31. The molecule has 7 heteroatoms. The summed E-state index contributed by atoms with van der Waals surface area (Å²) in [4.78, 5) is 0.197. The first-order valence-corrected chi connectivity index (χ1v) is 9.55. The van der Waals surface area contributed by atoms with E-state index >= 15 is 0 Å². The molecule has 0 bridgehead atoms. The zero-order chi connectivity index (χ0) is 18.1. The van der Waals surface area contributed by atoms with Crippen LogP contribution in [0.1, 0.15) is 30.9 Å². The van der Waals surface area contributed by atoms with Gasteiger partial charge in [0.1, 0.15) is 5.75 Å². The van der Waals surface area contributed by atoms with Crippen molar-refractivity contribution in [3.63, 3.8) is 0 Å². The molecular weight excluding hydrogens is 369 g/mol. The Morgan fingerprint density at radius 3 is 2.12 bits per heavy atom. The third-order valence-electron chi connectivity index (χ3n) is 3.55. The van der Waals surface area contributed by atoms with E-state index in [4.69, 9.17) is 27.9 Å². The van der Waals surface area contributed by atoms with Crippen molar-refractivity contribution in [2.24, 2.45) is 0 Å².